The topological polar surface area (TPSA) is 52.5 Å². The molecule has 122 valence electrons. The predicted octanol–water partition coefficient (Wildman–Crippen LogP) is 3.75. The van der Waals surface area contributed by atoms with Gasteiger partial charge in [-0.1, -0.05) is 18.2 Å². The van der Waals surface area contributed by atoms with Crippen molar-refractivity contribution in [1.82, 2.24) is 4.57 Å². The molecule has 1 N–H and O–H groups in total. The molecule has 0 saturated heterocycles. The maximum absolute atomic E-state index is 12.8. The Morgan fingerprint density at radius 2 is 1.54 bits per heavy atom. The third-order valence-corrected chi connectivity index (χ3v) is 3.66. The van der Waals surface area contributed by atoms with Crippen LogP contribution in [0.1, 0.15) is 10.4 Å². The fourth-order valence-electron chi connectivity index (χ4n) is 2.48. The van der Waals surface area contributed by atoms with Gasteiger partial charge in [0.1, 0.15) is 0 Å². The lowest BCUT2D eigenvalue weighted by atomic mass is 10.1. The lowest BCUT2D eigenvalue weighted by Crippen LogP contribution is -2.15. The molecule has 0 saturated carbocycles. The number of carbonyl (C=O) groups is 1. The summed E-state index contributed by atoms with van der Waals surface area (Å²) in [7, 11) is 3.12. The number of methoxy groups -OCH3 is 2. The van der Waals surface area contributed by atoms with Crippen LogP contribution in [-0.4, -0.2) is 24.7 Å². The van der Waals surface area contributed by atoms with Crippen molar-refractivity contribution >= 4 is 11.6 Å². The van der Waals surface area contributed by atoms with E-state index in [-0.39, 0.29) is 5.91 Å². The predicted molar refractivity (Wildman–Crippen MR) is 93.3 cm³/mol. The highest BCUT2D eigenvalue weighted by Gasteiger charge is 2.18. The van der Waals surface area contributed by atoms with Crippen molar-refractivity contribution in [2.75, 3.05) is 19.5 Å². The molecule has 0 bridgehead atoms. The van der Waals surface area contributed by atoms with Crippen LogP contribution in [0.25, 0.3) is 5.69 Å². The summed E-state index contributed by atoms with van der Waals surface area (Å²) in [6, 6.07) is 16.6. The minimum Gasteiger partial charge on any atom is -0.493 e. The molecule has 2 aromatic carbocycles. The van der Waals surface area contributed by atoms with Crippen molar-refractivity contribution in [2.24, 2.45) is 0 Å². The Morgan fingerprint density at radius 3 is 2.17 bits per heavy atom. The molecule has 0 aliphatic carbocycles. The van der Waals surface area contributed by atoms with Crippen molar-refractivity contribution in [2.45, 2.75) is 0 Å². The normalized spacial score (nSPS) is 10.2. The summed E-state index contributed by atoms with van der Waals surface area (Å²) in [5.74, 6) is 0.856. The highest BCUT2D eigenvalue weighted by Crippen LogP contribution is 2.33. The average molecular weight is 322 g/mol. The molecule has 0 aliphatic rings. The Kier molecular flexibility index (Phi) is 4.52. The number of nitrogens with zero attached hydrogens (tertiary/aromatic N) is 1. The Bertz CT molecular complexity index is 827. The summed E-state index contributed by atoms with van der Waals surface area (Å²) in [6.45, 7) is 0. The smallest absolute Gasteiger partial charge is 0.257 e. The van der Waals surface area contributed by atoms with Crippen LogP contribution in [0.5, 0.6) is 11.5 Å². The number of nitrogens with one attached hydrogen (secondary N) is 1. The number of aromatic nitrogens is 1. The maximum Gasteiger partial charge on any atom is 0.257 e. The van der Waals surface area contributed by atoms with Gasteiger partial charge in [0.2, 0.25) is 0 Å². The molecule has 1 aromatic heterocycles. The number of para-hydroxylation sites is 1. The second-order valence-corrected chi connectivity index (χ2v) is 5.13. The second kappa shape index (κ2) is 6.91. The van der Waals surface area contributed by atoms with Crippen LogP contribution in [0, 0.1) is 0 Å². The van der Waals surface area contributed by atoms with E-state index < -0.39 is 0 Å². The van der Waals surface area contributed by atoms with Gasteiger partial charge in [-0.15, -0.1) is 0 Å². The van der Waals surface area contributed by atoms with Crippen molar-refractivity contribution < 1.29 is 14.3 Å². The van der Waals surface area contributed by atoms with Gasteiger partial charge in [-0.25, -0.2) is 0 Å². The van der Waals surface area contributed by atoms with E-state index in [0.29, 0.717) is 22.7 Å². The van der Waals surface area contributed by atoms with Crippen LogP contribution < -0.4 is 14.8 Å². The van der Waals surface area contributed by atoms with Gasteiger partial charge in [-0.3, -0.25) is 4.79 Å². The van der Waals surface area contributed by atoms with E-state index in [1.165, 1.54) is 0 Å². The van der Waals surface area contributed by atoms with Gasteiger partial charge >= 0.3 is 0 Å². The fraction of sp³-hybridized carbons (Fsp3) is 0.105. The minimum absolute atomic E-state index is 0.217. The molecule has 0 aliphatic heterocycles. The Balaban J connectivity index is 2.06. The molecule has 0 atom stereocenters. The highest BCUT2D eigenvalue weighted by molar-refractivity contribution is 6.07. The van der Waals surface area contributed by atoms with Crippen molar-refractivity contribution in [3.05, 3.63) is 72.6 Å². The molecular formula is C19H18N2O3. The molecule has 5 nitrogen and oxygen atoms in total. The number of amides is 1. The van der Waals surface area contributed by atoms with Crippen LogP contribution >= 0.6 is 0 Å². The summed E-state index contributed by atoms with van der Waals surface area (Å²) in [5, 5.41) is 2.90. The number of benzene rings is 2. The molecule has 5 heteroatoms. The number of anilines is 1. The first-order chi connectivity index (χ1) is 11.7. The van der Waals surface area contributed by atoms with Crippen LogP contribution in [0.15, 0.2) is 67.0 Å². The zero-order valence-electron chi connectivity index (χ0n) is 13.5. The summed E-state index contributed by atoms with van der Waals surface area (Å²) >= 11 is 0. The Morgan fingerprint density at radius 1 is 0.917 bits per heavy atom. The summed E-state index contributed by atoms with van der Waals surface area (Å²) in [6.07, 6.45) is 3.75. The minimum atomic E-state index is -0.217. The van der Waals surface area contributed by atoms with Crippen molar-refractivity contribution in [3.63, 3.8) is 0 Å². The van der Waals surface area contributed by atoms with Gasteiger partial charge in [0.15, 0.2) is 11.5 Å². The van der Waals surface area contributed by atoms with E-state index in [9.17, 15) is 4.79 Å². The van der Waals surface area contributed by atoms with E-state index in [2.05, 4.69) is 5.32 Å². The lowest BCUT2D eigenvalue weighted by Gasteiger charge is -2.15. The SMILES string of the molecule is COc1cc(C(=O)Nc2ccccc2)c(-n2cccc2)cc1OC. The first kappa shape index (κ1) is 15.7. The molecule has 0 fully saturated rings. The molecule has 0 radical (unpaired) electrons. The monoisotopic (exact) mass is 322 g/mol. The standard InChI is InChI=1S/C19H18N2O3/c1-23-17-12-15(19(22)20-14-8-4-3-5-9-14)16(13-18(17)24-2)21-10-6-7-11-21/h3-13H,1-2H3,(H,20,22). The lowest BCUT2D eigenvalue weighted by molar-refractivity contribution is 0.102. The van der Waals surface area contributed by atoms with Gasteiger partial charge < -0.3 is 19.4 Å². The highest BCUT2D eigenvalue weighted by atomic mass is 16.5. The quantitative estimate of drug-likeness (QED) is 0.778. The van der Waals surface area contributed by atoms with Crippen LogP contribution in [0.4, 0.5) is 5.69 Å². The molecule has 3 aromatic rings. The average Bonchev–Trinajstić information content (AvgIpc) is 3.15. The second-order valence-electron chi connectivity index (χ2n) is 5.13. The third kappa shape index (κ3) is 3.10. The van der Waals surface area contributed by atoms with Gasteiger partial charge in [0.25, 0.3) is 5.91 Å². The van der Waals surface area contributed by atoms with E-state index in [1.54, 1.807) is 26.4 Å². The van der Waals surface area contributed by atoms with Gasteiger partial charge in [-0.05, 0) is 30.3 Å². The van der Waals surface area contributed by atoms with Gasteiger partial charge in [-0.2, -0.15) is 0 Å². The first-order valence-corrected chi connectivity index (χ1v) is 7.48. The van der Waals surface area contributed by atoms with Gasteiger partial charge in [0.05, 0.1) is 25.5 Å². The van der Waals surface area contributed by atoms with E-state index in [4.69, 9.17) is 9.47 Å². The first-order valence-electron chi connectivity index (χ1n) is 7.48. The van der Waals surface area contributed by atoms with Crippen LogP contribution in [0.2, 0.25) is 0 Å². The number of hydrogen-bond donors (Lipinski definition) is 1. The molecule has 1 amide bonds. The van der Waals surface area contributed by atoms with E-state index >= 15 is 0 Å². The summed E-state index contributed by atoms with van der Waals surface area (Å²) < 4.78 is 12.6. The Labute approximate surface area is 140 Å². The fourth-order valence-corrected chi connectivity index (χ4v) is 2.48. The van der Waals surface area contributed by atoms with E-state index in [1.807, 2.05) is 59.4 Å². The van der Waals surface area contributed by atoms with Crippen molar-refractivity contribution in [1.29, 1.82) is 0 Å². The zero-order chi connectivity index (χ0) is 16.9. The zero-order valence-corrected chi connectivity index (χ0v) is 13.5. The molecule has 3 rings (SSSR count). The van der Waals surface area contributed by atoms with E-state index in [0.717, 1.165) is 5.69 Å². The molecule has 0 spiro atoms. The summed E-state index contributed by atoms with van der Waals surface area (Å²) in [4.78, 5) is 12.8. The Hall–Kier alpha value is -3.21. The number of rotatable bonds is 5. The van der Waals surface area contributed by atoms with Crippen LogP contribution in [-0.2, 0) is 0 Å². The molecule has 0 unspecified atom stereocenters. The van der Waals surface area contributed by atoms with Crippen LogP contribution in [0.3, 0.4) is 0 Å². The largest absolute Gasteiger partial charge is 0.493 e. The van der Waals surface area contributed by atoms with Crippen molar-refractivity contribution in [3.8, 4) is 17.2 Å². The number of ether oxygens (including phenoxy) is 2. The number of carbonyl (C=O) groups excluding carboxylic acids is 1. The molecule has 1 heterocycles. The maximum atomic E-state index is 12.8. The molecular weight excluding hydrogens is 304 g/mol. The molecule has 24 heavy (non-hydrogen) atoms. The van der Waals surface area contributed by atoms with Gasteiger partial charge in [0, 0.05) is 24.1 Å². The number of hydrogen-bond acceptors (Lipinski definition) is 3. The summed E-state index contributed by atoms with van der Waals surface area (Å²) in [5.41, 5.74) is 1.94. The third-order valence-electron chi connectivity index (χ3n) is 3.66.